The highest BCUT2D eigenvalue weighted by Crippen LogP contribution is 2.30. The standard InChI is InChI=1S/C21H15N5O9/c1-34-16-6-3-14(4-7-16)21(27)35-20-9-2-13(10-19(20)26(32)33)12-22-23-17-8-5-15(24(28)29)11-18(17)25(30)31/h2-12,23H,1H3/b22-12-. The SMILES string of the molecule is COc1ccc(C(=O)Oc2ccc(/C=N\Nc3ccc([N+](=O)[O-])cc3[N+](=O)[O-])cc2[N+](=O)[O-])cc1. The molecule has 0 fully saturated rings. The summed E-state index contributed by atoms with van der Waals surface area (Å²) in [7, 11) is 1.46. The zero-order valence-corrected chi connectivity index (χ0v) is 17.8. The van der Waals surface area contributed by atoms with Crippen molar-refractivity contribution in [3.8, 4) is 11.5 Å². The van der Waals surface area contributed by atoms with Gasteiger partial charge in [-0.05, 0) is 42.5 Å². The molecule has 3 rings (SSSR count). The molecule has 14 nitrogen and oxygen atoms in total. The Hall–Kier alpha value is -5.40. The maximum atomic E-state index is 12.3. The summed E-state index contributed by atoms with van der Waals surface area (Å²) in [5, 5.41) is 37.3. The van der Waals surface area contributed by atoms with Crippen LogP contribution in [0.25, 0.3) is 0 Å². The van der Waals surface area contributed by atoms with Crippen LogP contribution >= 0.6 is 0 Å². The smallest absolute Gasteiger partial charge is 0.343 e. The number of ether oxygens (including phenoxy) is 2. The number of nitrogens with one attached hydrogen (secondary N) is 1. The van der Waals surface area contributed by atoms with E-state index in [4.69, 9.17) is 9.47 Å². The fourth-order valence-corrected chi connectivity index (χ4v) is 2.79. The Morgan fingerprint density at radius 3 is 2.17 bits per heavy atom. The van der Waals surface area contributed by atoms with Gasteiger partial charge in [0.1, 0.15) is 11.4 Å². The van der Waals surface area contributed by atoms with Crippen LogP contribution in [0.4, 0.5) is 22.7 Å². The molecule has 0 aliphatic heterocycles. The third kappa shape index (κ3) is 5.89. The predicted octanol–water partition coefficient (Wildman–Crippen LogP) is 4.09. The minimum Gasteiger partial charge on any atom is -0.497 e. The molecular weight excluding hydrogens is 466 g/mol. The van der Waals surface area contributed by atoms with E-state index in [0.717, 1.165) is 30.5 Å². The quantitative estimate of drug-likeness (QED) is 0.153. The van der Waals surface area contributed by atoms with E-state index in [-0.39, 0.29) is 22.6 Å². The number of hydrazone groups is 1. The summed E-state index contributed by atoms with van der Waals surface area (Å²) >= 11 is 0. The maximum Gasteiger partial charge on any atom is 0.343 e. The first kappa shape index (κ1) is 24.2. The molecule has 0 radical (unpaired) electrons. The fourth-order valence-electron chi connectivity index (χ4n) is 2.79. The Labute approximate surface area is 195 Å². The molecule has 0 aliphatic rings. The van der Waals surface area contributed by atoms with Gasteiger partial charge in [0.25, 0.3) is 5.69 Å². The van der Waals surface area contributed by atoms with Gasteiger partial charge in [0.2, 0.25) is 5.75 Å². The van der Waals surface area contributed by atoms with Crippen molar-refractivity contribution < 1.29 is 29.0 Å². The Morgan fingerprint density at radius 2 is 1.57 bits per heavy atom. The predicted molar refractivity (Wildman–Crippen MR) is 122 cm³/mol. The molecular formula is C21H15N5O9. The Kier molecular flexibility index (Phi) is 7.26. The van der Waals surface area contributed by atoms with Crippen molar-refractivity contribution in [1.29, 1.82) is 0 Å². The summed E-state index contributed by atoms with van der Waals surface area (Å²) in [6, 6.07) is 12.6. The van der Waals surface area contributed by atoms with Gasteiger partial charge < -0.3 is 9.47 Å². The lowest BCUT2D eigenvalue weighted by Gasteiger charge is -2.07. The normalized spacial score (nSPS) is 10.5. The third-order valence-electron chi connectivity index (χ3n) is 4.50. The molecule has 0 unspecified atom stereocenters. The van der Waals surface area contributed by atoms with Crippen molar-refractivity contribution in [1.82, 2.24) is 0 Å². The van der Waals surface area contributed by atoms with E-state index in [1.807, 2.05) is 0 Å². The summed E-state index contributed by atoms with van der Waals surface area (Å²) in [5.41, 5.74) is 1.04. The van der Waals surface area contributed by atoms with Crippen LogP contribution in [-0.4, -0.2) is 34.1 Å². The summed E-state index contributed by atoms with van der Waals surface area (Å²) in [5.74, 6) is -0.597. The summed E-state index contributed by atoms with van der Waals surface area (Å²) in [6.45, 7) is 0. The molecule has 0 heterocycles. The van der Waals surface area contributed by atoms with Crippen molar-refractivity contribution in [2.45, 2.75) is 0 Å². The average molecular weight is 481 g/mol. The highest BCUT2D eigenvalue weighted by molar-refractivity contribution is 5.92. The third-order valence-corrected chi connectivity index (χ3v) is 4.50. The van der Waals surface area contributed by atoms with E-state index >= 15 is 0 Å². The van der Waals surface area contributed by atoms with Crippen molar-refractivity contribution in [2.75, 3.05) is 12.5 Å². The summed E-state index contributed by atoms with van der Waals surface area (Å²) in [4.78, 5) is 43.5. The second-order valence-electron chi connectivity index (χ2n) is 6.69. The minimum absolute atomic E-state index is 0.128. The molecule has 1 N–H and O–H groups in total. The fraction of sp³-hybridized carbons (Fsp3) is 0.0476. The Bertz CT molecular complexity index is 1340. The van der Waals surface area contributed by atoms with Gasteiger partial charge in [0.15, 0.2) is 0 Å². The van der Waals surface area contributed by atoms with Gasteiger partial charge in [-0.15, -0.1) is 0 Å². The maximum absolute atomic E-state index is 12.3. The number of hydrogen-bond acceptors (Lipinski definition) is 11. The van der Waals surface area contributed by atoms with E-state index < -0.39 is 37.8 Å². The molecule has 14 heteroatoms. The molecule has 0 saturated heterocycles. The second-order valence-corrected chi connectivity index (χ2v) is 6.69. The molecule has 0 spiro atoms. The molecule has 178 valence electrons. The van der Waals surface area contributed by atoms with Gasteiger partial charge in [0, 0.05) is 17.7 Å². The molecule has 0 bridgehead atoms. The second kappa shape index (κ2) is 10.5. The lowest BCUT2D eigenvalue weighted by Crippen LogP contribution is -2.10. The molecule has 0 atom stereocenters. The van der Waals surface area contributed by atoms with Crippen LogP contribution in [-0.2, 0) is 0 Å². The number of nitro groups is 3. The van der Waals surface area contributed by atoms with Crippen LogP contribution in [0.3, 0.4) is 0 Å². The number of nitrogens with zero attached hydrogens (tertiary/aromatic N) is 4. The first-order chi connectivity index (χ1) is 16.7. The summed E-state index contributed by atoms with van der Waals surface area (Å²) in [6.07, 6.45) is 1.13. The Morgan fingerprint density at radius 1 is 0.886 bits per heavy atom. The number of hydrogen-bond donors (Lipinski definition) is 1. The lowest BCUT2D eigenvalue weighted by molar-refractivity contribution is -0.393. The summed E-state index contributed by atoms with van der Waals surface area (Å²) < 4.78 is 10.2. The molecule has 3 aromatic carbocycles. The Balaban J connectivity index is 1.78. The van der Waals surface area contributed by atoms with Crippen molar-refractivity contribution >= 4 is 34.9 Å². The molecule has 3 aromatic rings. The molecule has 35 heavy (non-hydrogen) atoms. The van der Waals surface area contributed by atoms with Crippen LogP contribution in [0, 0.1) is 30.3 Å². The van der Waals surface area contributed by atoms with Gasteiger partial charge in [-0.3, -0.25) is 35.8 Å². The van der Waals surface area contributed by atoms with E-state index in [2.05, 4.69) is 10.5 Å². The highest BCUT2D eigenvalue weighted by atomic mass is 16.6. The van der Waals surface area contributed by atoms with Gasteiger partial charge >= 0.3 is 17.3 Å². The molecule has 0 aliphatic carbocycles. The zero-order valence-electron chi connectivity index (χ0n) is 17.8. The number of carbonyl (C=O) groups excluding carboxylic acids is 1. The van der Waals surface area contributed by atoms with E-state index in [0.29, 0.717) is 5.75 Å². The number of carbonyl (C=O) groups is 1. The number of methoxy groups -OCH3 is 1. The first-order valence-corrected chi connectivity index (χ1v) is 9.56. The van der Waals surface area contributed by atoms with Gasteiger partial charge in [-0.2, -0.15) is 5.10 Å². The van der Waals surface area contributed by atoms with Crippen LogP contribution < -0.4 is 14.9 Å². The van der Waals surface area contributed by atoms with Crippen LogP contribution in [0.2, 0.25) is 0 Å². The zero-order chi connectivity index (χ0) is 25.5. The van der Waals surface area contributed by atoms with Crippen LogP contribution in [0.5, 0.6) is 11.5 Å². The largest absolute Gasteiger partial charge is 0.497 e. The minimum atomic E-state index is -0.818. The van der Waals surface area contributed by atoms with E-state index in [1.54, 1.807) is 0 Å². The van der Waals surface area contributed by atoms with Crippen molar-refractivity contribution in [3.63, 3.8) is 0 Å². The van der Waals surface area contributed by atoms with Gasteiger partial charge in [0.05, 0.1) is 39.7 Å². The number of esters is 1. The van der Waals surface area contributed by atoms with Gasteiger partial charge in [-0.25, -0.2) is 4.79 Å². The number of anilines is 1. The van der Waals surface area contributed by atoms with Crippen molar-refractivity contribution in [2.24, 2.45) is 5.10 Å². The van der Waals surface area contributed by atoms with E-state index in [1.165, 1.54) is 43.5 Å². The molecule has 0 saturated carbocycles. The topological polar surface area (TPSA) is 189 Å². The highest BCUT2D eigenvalue weighted by Gasteiger charge is 2.21. The van der Waals surface area contributed by atoms with Crippen LogP contribution in [0.15, 0.2) is 65.8 Å². The van der Waals surface area contributed by atoms with Crippen LogP contribution in [0.1, 0.15) is 15.9 Å². The number of rotatable bonds is 9. The average Bonchev–Trinajstić information content (AvgIpc) is 2.84. The van der Waals surface area contributed by atoms with E-state index in [9.17, 15) is 35.1 Å². The number of benzene rings is 3. The monoisotopic (exact) mass is 481 g/mol. The number of nitro benzene ring substituents is 3. The number of non-ortho nitro benzene ring substituents is 1. The molecule has 0 amide bonds. The van der Waals surface area contributed by atoms with Crippen molar-refractivity contribution in [3.05, 3.63) is 102 Å². The van der Waals surface area contributed by atoms with Gasteiger partial charge in [-0.1, -0.05) is 0 Å². The molecule has 0 aromatic heterocycles. The lowest BCUT2D eigenvalue weighted by atomic mass is 10.2. The first-order valence-electron chi connectivity index (χ1n) is 9.56.